The van der Waals surface area contributed by atoms with Gasteiger partial charge in [0, 0.05) is 12.3 Å². The molecule has 9 heavy (non-hydrogen) atoms. The van der Waals surface area contributed by atoms with Gasteiger partial charge in [-0.05, 0) is 0 Å². The van der Waals surface area contributed by atoms with Gasteiger partial charge in [-0.15, -0.1) is 0 Å². The molecule has 1 aromatic heterocycles. The first kappa shape index (κ1) is 5.81. The van der Waals surface area contributed by atoms with E-state index in [9.17, 15) is 9.18 Å². The summed E-state index contributed by atoms with van der Waals surface area (Å²) in [4.78, 5) is 12.6. The van der Waals surface area contributed by atoms with E-state index >= 15 is 0 Å². The fourth-order valence-electron chi connectivity index (χ4n) is 0.466. The monoisotopic (exact) mass is 128 g/mol. The summed E-state index contributed by atoms with van der Waals surface area (Å²) >= 11 is 0. The molecule has 48 valence electrons. The number of pyridine rings is 1. The lowest BCUT2D eigenvalue weighted by molar-refractivity contribution is 0.587. The number of aromatic amines is 1. The molecule has 1 rings (SSSR count). The first-order chi connectivity index (χ1) is 4.22. The van der Waals surface area contributed by atoms with Gasteiger partial charge in [0.05, 0.1) is 0 Å². The normalized spacial score (nSPS) is 9.44. The maximum atomic E-state index is 12.2. The van der Waals surface area contributed by atoms with Gasteiger partial charge in [0.15, 0.2) is 0 Å². The Morgan fingerprint density at radius 2 is 2.33 bits per heavy atom. The van der Waals surface area contributed by atoms with Crippen LogP contribution in [-0.4, -0.2) is 4.98 Å². The van der Waals surface area contributed by atoms with Crippen LogP contribution in [0.15, 0.2) is 17.1 Å². The number of nitrogens with one attached hydrogen (secondary N) is 1. The largest absolute Gasteiger partial charge is 0.392 e. The van der Waals surface area contributed by atoms with Gasteiger partial charge in [-0.2, -0.15) is 4.39 Å². The molecule has 0 atom stereocenters. The number of nitrogen functional groups attached to an aromatic ring is 1. The van der Waals surface area contributed by atoms with E-state index in [1.165, 1.54) is 12.3 Å². The lowest BCUT2D eigenvalue weighted by Crippen LogP contribution is -2.09. The van der Waals surface area contributed by atoms with Crippen LogP contribution in [0, 0.1) is 5.95 Å². The van der Waals surface area contributed by atoms with Crippen molar-refractivity contribution < 1.29 is 4.39 Å². The second kappa shape index (κ2) is 1.89. The lowest BCUT2D eigenvalue weighted by Gasteiger charge is -1.90. The van der Waals surface area contributed by atoms with Crippen LogP contribution in [0.5, 0.6) is 0 Å². The van der Waals surface area contributed by atoms with Crippen LogP contribution in [0.3, 0.4) is 0 Å². The molecule has 0 aliphatic rings. The van der Waals surface area contributed by atoms with Gasteiger partial charge in [0.25, 0.3) is 0 Å². The number of anilines is 1. The number of hydrogen-bond donors (Lipinski definition) is 2. The minimum Gasteiger partial charge on any atom is -0.392 e. The van der Waals surface area contributed by atoms with Crippen LogP contribution in [0.4, 0.5) is 10.1 Å². The van der Waals surface area contributed by atoms with E-state index in [1.54, 1.807) is 0 Å². The van der Waals surface area contributed by atoms with Crippen molar-refractivity contribution in [2.24, 2.45) is 0 Å². The molecule has 0 saturated heterocycles. The Kier molecular flexibility index (Phi) is 1.22. The molecule has 0 aliphatic heterocycles. The van der Waals surface area contributed by atoms with Crippen molar-refractivity contribution in [3.05, 3.63) is 28.4 Å². The predicted molar refractivity (Wildman–Crippen MR) is 31.4 cm³/mol. The second-order valence-corrected chi connectivity index (χ2v) is 1.57. The summed E-state index contributed by atoms with van der Waals surface area (Å²) in [5, 5.41) is 0. The van der Waals surface area contributed by atoms with Gasteiger partial charge < -0.3 is 10.7 Å². The number of nitrogens with two attached hydrogens (primary N) is 1. The average Bonchev–Trinajstić information content (AvgIpc) is 1.83. The Bertz CT molecular complexity index is 268. The van der Waals surface area contributed by atoms with E-state index in [0.717, 1.165) is 0 Å². The van der Waals surface area contributed by atoms with Crippen LogP contribution < -0.4 is 11.2 Å². The Hall–Kier alpha value is -1.32. The molecular formula is C5H5FN2O. The molecule has 0 aromatic carbocycles. The summed E-state index contributed by atoms with van der Waals surface area (Å²) in [5.41, 5.74) is 4.11. The quantitative estimate of drug-likeness (QED) is 0.486. The molecule has 0 unspecified atom stereocenters. The van der Waals surface area contributed by atoms with Crippen molar-refractivity contribution >= 4 is 5.69 Å². The van der Waals surface area contributed by atoms with Crippen LogP contribution in [0.25, 0.3) is 0 Å². The lowest BCUT2D eigenvalue weighted by atomic mass is 10.4. The standard InChI is InChI=1S/C5H5FN2O/c6-5-4(7)3(9)1-2-8-5/h1-2H,7H2,(H,8,9). The summed E-state index contributed by atoms with van der Waals surface area (Å²) in [6.07, 6.45) is 1.20. The molecule has 0 radical (unpaired) electrons. The number of rotatable bonds is 0. The van der Waals surface area contributed by atoms with Gasteiger partial charge >= 0.3 is 0 Å². The maximum Gasteiger partial charge on any atom is 0.218 e. The molecule has 3 nitrogen and oxygen atoms in total. The van der Waals surface area contributed by atoms with Gasteiger partial charge in [0.1, 0.15) is 5.69 Å². The fourth-order valence-corrected chi connectivity index (χ4v) is 0.466. The number of H-pyrrole nitrogens is 1. The zero-order valence-corrected chi connectivity index (χ0v) is 4.52. The van der Waals surface area contributed by atoms with Crippen LogP contribution in [0.2, 0.25) is 0 Å². The van der Waals surface area contributed by atoms with Gasteiger partial charge in [-0.1, -0.05) is 0 Å². The third-order valence-corrected chi connectivity index (χ3v) is 0.947. The van der Waals surface area contributed by atoms with E-state index in [-0.39, 0.29) is 5.69 Å². The van der Waals surface area contributed by atoms with E-state index in [1.807, 2.05) is 0 Å². The SMILES string of the molecule is Nc1c(F)[nH]ccc1=O. The van der Waals surface area contributed by atoms with Crippen LogP contribution >= 0.6 is 0 Å². The van der Waals surface area contributed by atoms with E-state index in [2.05, 4.69) is 4.98 Å². The fraction of sp³-hybridized carbons (Fsp3) is 0. The number of aromatic nitrogens is 1. The first-order valence-corrected chi connectivity index (χ1v) is 2.34. The highest BCUT2D eigenvalue weighted by Crippen LogP contribution is 1.95. The third kappa shape index (κ3) is 0.910. The molecular weight excluding hydrogens is 123 g/mol. The van der Waals surface area contributed by atoms with E-state index in [0.29, 0.717) is 0 Å². The molecule has 1 heterocycles. The van der Waals surface area contributed by atoms with Crippen molar-refractivity contribution in [2.45, 2.75) is 0 Å². The van der Waals surface area contributed by atoms with Crippen molar-refractivity contribution in [2.75, 3.05) is 5.73 Å². The van der Waals surface area contributed by atoms with Crippen LogP contribution in [0.1, 0.15) is 0 Å². The zero-order chi connectivity index (χ0) is 6.85. The molecule has 0 aliphatic carbocycles. The van der Waals surface area contributed by atoms with Gasteiger partial charge in [-0.3, -0.25) is 4.79 Å². The van der Waals surface area contributed by atoms with Crippen molar-refractivity contribution in [3.8, 4) is 0 Å². The highest BCUT2D eigenvalue weighted by atomic mass is 19.1. The molecule has 0 amide bonds. The minimum atomic E-state index is -0.775. The molecule has 0 bridgehead atoms. The average molecular weight is 128 g/mol. The van der Waals surface area contributed by atoms with Crippen molar-refractivity contribution in [3.63, 3.8) is 0 Å². The Labute approximate surface area is 50.3 Å². The minimum absolute atomic E-state index is 0.363. The number of hydrogen-bond acceptors (Lipinski definition) is 2. The molecule has 0 fully saturated rings. The third-order valence-electron chi connectivity index (χ3n) is 0.947. The predicted octanol–water partition coefficient (Wildman–Crippen LogP) is 0.0962. The first-order valence-electron chi connectivity index (χ1n) is 2.34. The number of halogens is 1. The Morgan fingerprint density at radius 1 is 1.67 bits per heavy atom. The molecule has 1 aromatic rings. The maximum absolute atomic E-state index is 12.2. The smallest absolute Gasteiger partial charge is 0.218 e. The highest BCUT2D eigenvalue weighted by molar-refractivity contribution is 5.34. The van der Waals surface area contributed by atoms with Crippen LogP contribution in [-0.2, 0) is 0 Å². The summed E-state index contributed by atoms with van der Waals surface area (Å²) in [6, 6.07) is 1.17. The Balaban J connectivity index is 3.43. The van der Waals surface area contributed by atoms with Gasteiger partial charge in [0.2, 0.25) is 11.4 Å². The summed E-state index contributed by atoms with van der Waals surface area (Å²) in [5.74, 6) is -0.775. The Morgan fingerprint density at radius 3 is 2.78 bits per heavy atom. The topological polar surface area (TPSA) is 58.9 Å². The molecule has 0 spiro atoms. The highest BCUT2D eigenvalue weighted by Gasteiger charge is 1.97. The molecule has 0 saturated carbocycles. The summed E-state index contributed by atoms with van der Waals surface area (Å²) in [7, 11) is 0. The van der Waals surface area contributed by atoms with E-state index < -0.39 is 11.4 Å². The summed E-state index contributed by atoms with van der Waals surface area (Å²) < 4.78 is 12.2. The molecule has 4 heteroatoms. The second-order valence-electron chi connectivity index (χ2n) is 1.57. The van der Waals surface area contributed by atoms with E-state index in [4.69, 9.17) is 5.73 Å². The van der Waals surface area contributed by atoms with Crippen molar-refractivity contribution in [1.29, 1.82) is 0 Å². The zero-order valence-electron chi connectivity index (χ0n) is 4.52. The van der Waals surface area contributed by atoms with Gasteiger partial charge in [-0.25, -0.2) is 0 Å². The summed E-state index contributed by atoms with van der Waals surface area (Å²) in [6.45, 7) is 0. The van der Waals surface area contributed by atoms with Crippen molar-refractivity contribution in [1.82, 2.24) is 4.98 Å². The molecule has 3 N–H and O–H groups in total.